The molecule has 3 heteroatoms. The van der Waals surface area contributed by atoms with Crippen molar-refractivity contribution in [2.45, 2.75) is 32.2 Å². The van der Waals surface area contributed by atoms with Crippen LogP contribution in [0.4, 0.5) is 0 Å². The standard InChI is InChI=1S/C15H19NOS/c17-13-5-6-15-14(9-13)12(11-18-15)10-16-7-3-1-2-4-8-16/h5-6,9,11,17H,1-4,7-8,10H2. The van der Waals surface area contributed by atoms with Crippen LogP contribution >= 0.6 is 11.3 Å². The summed E-state index contributed by atoms with van der Waals surface area (Å²) in [5.41, 5.74) is 1.37. The fourth-order valence-electron chi connectivity index (χ4n) is 2.73. The lowest BCUT2D eigenvalue weighted by Crippen LogP contribution is -2.23. The third-order valence-electron chi connectivity index (χ3n) is 3.73. The van der Waals surface area contributed by atoms with Gasteiger partial charge in [0, 0.05) is 16.6 Å². The molecule has 0 spiro atoms. The number of fused-ring (bicyclic) bond motifs is 1. The van der Waals surface area contributed by atoms with Gasteiger partial charge in [0.1, 0.15) is 5.75 Å². The number of phenolic OH excluding ortho intramolecular Hbond substituents is 1. The molecular weight excluding hydrogens is 242 g/mol. The van der Waals surface area contributed by atoms with Crippen LogP contribution in [0.25, 0.3) is 10.1 Å². The lowest BCUT2D eigenvalue weighted by atomic mass is 10.1. The Bertz CT molecular complexity index is 526. The van der Waals surface area contributed by atoms with Crippen molar-refractivity contribution >= 4 is 21.4 Å². The number of thiophene rings is 1. The van der Waals surface area contributed by atoms with Crippen molar-refractivity contribution < 1.29 is 5.11 Å². The predicted molar refractivity (Wildman–Crippen MR) is 77.2 cm³/mol. The largest absolute Gasteiger partial charge is 0.508 e. The quantitative estimate of drug-likeness (QED) is 0.883. The van der Waals surface area contributed by atoms with E-state index in [1.165, 1.54) is 54.4 Å². The molecule has 0 atom stereocenters. The van der Waals surface area contributed by atoms with E-state index in [0.29, 0.717) is 5.75 Å². The Kier molecular flexibility index (Phi) is 3.52. The summed E-state index contributed by atoms with van der Waals surface area (Å²) in [6.45, 7) is 3.47. The highest BCUT2D eigenvalue weighted by molar-refractivity contribution is 7.17. The molecule has 0 bridgehead atoms. The van der Waals surface area contributed by atoms with Gasteiger partial charge >= 0.3 is 0 Å². The molecule has 0 aliphatic carbocycles. The first kappa shape index (κ1) is 12.0. The highest BCUT2D eigenvalue weighted by Gasteiger charge is 2.12. The van der Waals surface area contributed by atoms with Gasteiger partial charge in [-0.25, -0.2) is 0 Å². The highest BCUT2D eigenvalue weighted by atomic mass is 32.1. The summed E-state index contributed by atoms with van der Waals surface area (Å²) in [5, 5.41) is 13.1. The number of rotatable bonds is 2. The summed E-state index contributed by atoms with van der Waals surface area (Å²) in [5.74, 6) is 0.373. The van der Waals surface area contributed by atoms with E-state index in [2.05, 4.69) is 10.3 Å². The molecule has 1 aliphatic heterocycles. The maximum Gasteiger partial charge on any atom is 0.116 e. The van der Waals surface area contributed by atoms with Crippen LogP contribution < -0.4 is 0 Å². The lowest BCUT2D eigenvalue weighted by molar-refractivity contribution is 0.278. The van der Waals surface area contributed by atoms with Crippen molar-refractivity contribution in [2.75, 3.05) is 13.1 Å². The average molecular weight is 261 g/mol. The fraction of sp³-hybridized carbons (Fsp3) is 0.467. The number of nitrogens with zero attached hydrogens (tertiary/aromatic N) is 1. The molecule has 1 aliphatic rings. The molecule has 1 aromatic carbocycles. The molecule has 1 saturated heterocycles. The van der Waals surface area contributed by atoms with E-state index in [-0.39, 0.29) is 0 Å². The normalized spacial score (nSPS) is 18.0. The second-order valence-electron chi connectivity index (χ2n) is 5.13. The number of likely N-dealkylation sites (tertiary alicyclic amines) is 1. The van der Waals surface area contributed by atoms with Crippen LogP contribution in [0.3, 0.4) is 0 Å². The van der Waals surface area contributed by atoms with Gasteiger partial charge in [0.25, 0.3) is 0 Å². The predicted octanol–water partition coefficient (Wildman–Crippen LogP) is 3.98. The van der Waals surface area contributed by atoms with Crippen molar-refractivity contribution in [3.05, 3.63) is 29.1 Å². The number of aromatic hydroxyl groups is 1. The van der Waals surface area contributed by atoms with Gasteiger partial charge in [0.05, 0.1) is 0 Å². The van der Waals surface area contributed by atoms with Gasteiger partial charge in [-0.1, -0.05) is 12.8 Å². The molecule has 2 nitrogen and oxygen atoms in total. The summed E-state index contributed by atoms with van der Waals surface area (Å²) in [6, 6.07) is 5.69. The SMILES string of the molecule is Oc1ccc2scc(CN3CCCCCC3)c2c1. The number of hydrogen-bond acceptors (Lipinski definition) is 3. The van der Waals surface area contributed by atoms with E-state index in [0.717, 1.165) is 6.54 Å². The highest BCUT2D eigenvalue weighted by Crippen LogP contribution is 2.30. The molecule has 2 heterocycles. The number of hydrogen-bond donors (Lipinski definition) is 1. The van der Waals surface area contributed by atoms with Crippen LogP contribution in [0.5, 0.6) is 5.75 Å². The van der Waals surface area contributed by atoms with E-state index in [1.54, 1.807) is 17.4 Å². The monoisotopic (exact) mass is 261 g/mol. The van der Waals surface area contributed by atoms with E-state index in [4.69, 9.17) is 0 Å². The Morgan fingerprint density at radius 2 is 1.89 bits per heavy atom. The third-order valence-corrected chi connectivity index (χ3v) is 4.74. The van der Waals surface area contributed by atoms with Gasteiger partial charge in [0.2, 0.25) is 0 Å². The van der Waals surface area contributed by atoms with Crippen molar-refractivity contribution in [3.63, 3.8) is 0 Å². The summed E-state index contributed by atoms with van der Waals surface area (Å²) in [4.78, 5) is 2.55. The van der Waals surface area contributed by atoms with Gasteiger partial charge in [-0.05, 0) is 55.1 Å². The van der Waals surface area contributed by atoms with Gasteiger partial charge in [-0.3, -0.25) is 4.90 Å². The summed E-state index contributed by atoms with van der Waals surface area (Å²) < 4.78 is 1.28. The van der Waals surface area contributed by atoms with Crippen LogP contribution in [0.1, 0.15) is 31.2 Å². The number of benzene rings is 1. The van der Waals surface area contributed by atoms with E-state index in [1.807, 2.05) is 12.1 Å². The summed E-state index contributed by atoms with van der Waals surface area (Å²) in [7, 11) is 0. The Labute approximate surface area is 112 Å². The second-order valence-corrected chi connectivity index (χ2v) is 6.04. The van der Waals surface area contributed by atoms with Gasteiger partial charge < -0.3 is 5.11 Å². The first-order valence-corrected chi connectivity index (χ1v) is 7.62. The van der Waals surface area contributed by atoms with Gasteiger partial charge in [-0.15, -0.1) is 11.3 Å². The Morgan fingerprint density at radius 3 is 2.67 bits per heavy atom. The van der Waals surface area contributed by atoms with Crippen molar-refractivity contribution in [3.8, 4) is 5.75 Å². The van der Waals surface area contributed by atoms with Crippen LogP contribution in [-0.2, 0) is 6.54 Å². The van der Waals surface area contributed by atoms with Crippen LogP contribution in [0.15, 0.2) is 23.6 Å². The zero-order chi connectivity index (χ0) is 12.4. The maximum absolute atomic E-state index is 9.61. The molecule has 0 saturated carbocycles. The van der Waals surface area contributed by atoms with Gasteiger partial charge in [-0.2, -0.15) is 0 Å². The molecule has 96 valence electrons. The van der Waals surface area contributed by atoms with Crippen LogP contribution in [0, 0.1) is 0 Å². The van der Waals surface area contributed by atoms with E-state index < -0.39 is 0 Å². The molecule has 1 N–H and O–H groups in total. The van der Waals surface area contributed by atoms with Crippen LogP contribution in [0.2, 0.25) is 0 Å². The van der Waals surface area contributed by atoms with E-state index >= 15 is 0 Å². The second kappa shape index (κ2) is 5.29. The van der Waals surface area contributed by atoms with Crippen molar-refractivity contribution in [1.82, 2.24) is 4.90 Å². The molecule has 3 rings (SSSR count). The molecular formula is C15H19NOS. The Hall–Kier alpha value is -1.06. The molecule has 0 radical (unpaired) electrons. The minimum Gasteiger partial charge on any atom is -0.508 e. The third kappa shape index (κ3) is 2.52. The van der Waals surface area contributed by atoms with Gasteiger partial charge in [0.15, 0.2) is 0 Å². The molecule has 0 amide bonds. The van der Waals surface area contributed by atoms with E-state index in [9.17, 15) is 5.11 Å². The maximum atomic E-state index is 9.61. The lowest BCUT2D eigenvalue weighted by Gasteiger charge is -2.19. The first-order chi connectivity index (χ1) is 8.83. The zero-order valence-corrected chi connectivity index (χ0v) is 11.4. The van der Waals surface area contributed by atoms with Crippen LogP contribution in [-0.4, -0.2) is 23.1 Å². The number of phenols is 1. The minimum atomic E-state index is 0.373. The molecule has 0 unspecified atom stereocenters. The topological polar surface area (TPSA) is 23.5 Å². The zero-order valence-electron chi connectivity index (χ0n) is 10.6. The Balaban J connectivity index is 1.83. The molecule has 18 heavy (non-hydrogen) atoms. The summed E-state index contributed by atoms with van der Waals surface area (Å²) >= 11 is 1.78. The first-order valence-electron chi connectivity index (χ1n) is 6.74. The fourth-order valence-corrected chi connectivity index (χ4v) is 3.66. The van der Waals surface area contributed by atoms with Crippen molar-refractivity contribution in [1.29, 1.82) is 0 Å². The molecule has 1 aromatic heterocycles. The molecule has 1 fully saturated rings. The Morgan fingerprint density at radius 1 is 1.11 bits per heavy atom. The van der Waals surface area contributed by atoms with Crippen molar-refractivity contribution in [2.24, 2.45) is 0 Å². The summed E-state index contributed by atoms with van der Waals surface area (Å²) in [6.07, 6.45) is 5.41. The average Bonchev–Trinajstić information content (AvgIpc) is 2.60. The molecule has 2 aromatic rings. The smallest absolute Gasteiger partial charge is 0.116 e. The minimum absolute atomic E-state index is 0.373.